The van der Waals surface area contributed by atoms with Crippen LogP contribution in [0.4, 0.5) is 0 Å². The number of esters is 1. The molecule has 1 saturated heterocycles. The summed E-state index contributed by atoms with van der Waals surface area (Å²) in [6.07, 6.45) is 6.78. The molecule has 0 aromatic heterocycles. The molecule has 1 aromatic rings. The van der Waals surface area contributed by atoms with Crippen LogP contribution in [0.25, 0.3) is 6.08 Å². The molecule has 2 aliphatic rings. The summed E-state index contributed by atoms with van der Waals surface area (Å²) in [6.45, 7) is 2.19. The molecule has 0 radical (unpaired) electrons. The summed E-state index contributed by atoms with van der Waals surface area (Å²) in [6, 6.07) is 5.47. The highest BCUT2D eigenvalue weighted by Gasteiger charge is 2.34. The van der Waals surface area contributed by atoms with E-state index in [0.717, 1.165) is 31.2 Å². The molecule has 8 heteroatoms. The van der Waals surface area contributed by atoms with Crippen molar-refractivity contribution in [2.24, 2.45) is 0 Å². The lowest BCUT2D eigenvalue weighted by molar-refractivity contribution is -0.152. The van der Waals surface area contributed by atoms with Gasteiger partial charge in [0.15, 0.2) is 11.5 Å². The van der Waals surface area contributed by atoms with Gasteiger partial charge in [-0.05, 0) is 44.7 Å². The quantitative estimate of drug-likeness (QED) is 0.362. The number of para-hydroxylation sites is 1. The molecule has 1 amide bonds. The topological polar surface area (TPSA) is 65.1 Å². The molecule has 0 spiro atoms. The zero-order valence-electron chi connectivity index (χ0n) is 16.6. The Morgan fingerprint density at radius 3 is 2.76 bits per heavy atom. The van der Waals surface area contributed by atoms with Crippen LogP contribution in [0.5, 0.6) is 11.5 Å². The minimum atomic E-state index is -0.411. The average molecular weight is 436 g/mol. The molecule has 0 atom stereocenters. The Kier molecular flexibility index (Phi) is 7.55. The summed E-state index contributed by atoms with van der Waals surface area (Å²) in [7, 11) is 1.57. The molecule has 1 saturated carbocycles. The molecule has 0 unspecified atom stereocenters. The molecule has 0 N–H and O–H groups in total. The van der Waals surface area contributed by atoms with E-state index in [4.69, 9.17) is 26.4 Å². The van der Waals surface area contributed by atoms with Gasteiger partial charge in [-0.3, -0.25) is 14.5 Å². The largest absolute Gasteiger partial charge is 0.493 e. The van der Waals surface area contributed by atoms with Crippen molar-refractivity contribution in [2.75, 3.05) is 20.3 Å². The van der Waals surface area contributed by atoms with E-state index in [1.165, 1.54) is 23.1 Å². The zero-order valence-corrected chi connectivity index (χ0v) is 18.3. The molecular weight excluding hydrogens is 410 g/mol. The van der Waals surface area contributed by atoms with Crippen LogP contribution in [0.1, 0.15) is 44.6 Å². The van der Waals surface area contributed by atoms with Crippen molar-refractivity contribution in [1.82, 2.24) is 4.90 Å². The number of benzene rings is 1. The van der Waals surface area contributed by atoms with Gasteiger partial charge in [-0.15, -0.1) is 0 Å². The lowest BCUT2D eigenvalue weighted by Gasteiger charge is -2.23. The second-order valence-electron chi connectivity index (χ2n) is 6.83. The van der Waals surface area contributed by atoms with Crippen molar-refractivity contribution >= 4 is 46.3 Å². The van der Waals surface area contributed by atoms with E-state index in [9.17, 15) is 9.59 Å². The van der Waals surface area contributed by atoms with Crippen LogP contribution in [-0.4, -0.2) is 47.5 Å². The second kappa shape index (κ2) is 10.1. The average Bonchev–Trinajstić information content (AvgIpc) is 2.97. The Hall–Kier alpha value is -2.06. The maximum atomic E-state index is 12.8. The molecule has 2 fully saturated rings. The summed E-state index contributed by atoms with van der Waals surface area (Å²) < 4.78 is 16.9. The van der Waals surface area contributed by atoms with Gasteiger partial charge >= 0.3 is 5.97 Å². The summed E-state index contributed by atoms with van der Waals surface area (Å²) in [5.41, 5.74) is 0.719. The lowest BCUT2D eigenvalue weighted by atomic mass is 9.98. The number of hydrogen-bond donors (Lipinski definition) is 0. The van der Waals surface area contributed by atoms with Crippen LogP contribution >= 0.6 is 24.0 Å². The Bertz CT molecular complexity index is 817. The molecule has 156 valence electrons. The lowest BCUT2D eigenvalue weighted by Crippen LogP contribution is -2.36. The molecule has 29 heavy (non-hydrogen) atoms. The van der Waals surface area contributed by atoms with E-state index in [1.54, 1.807) is 19.3 Å². The van der Waals surface area contributed by atoms with Crippen LogP contribution in [0.2, 0.25) is 0 Å². The Labute approximate surface area is 180 Å². The molecule has 1 heterocycles. The van der Waals surface area contributed by atoms with Crippen molar-refractivity contribution in [3.8, 4) is 11.5 Å². The summed E-state index contributed by atoms with van der Waals surface area (Å²) in [5, 5.41) is 0. The van der Waals surface area contributed by atoms with Crippen molar-refractivity contribution in [3.05, 3.63) is 28.7 Å². The van der Waals surface area contributed by atoms with Crippen molar-refractivity contribution < 1.29 is 23.8 Å². The number of carbonyl (C=O) groups excluding carboxylic acids is 2. The fraction of sp³-hybridized carbons (Fsp3) is 0.476. The smallest absolute Gasteiger partial charge is 0.326 e. The van der Waals surface area contributed by atoms with Crippen molar-refractivity contribution in [1.29, 1.82) is 0 Å². The maximum absolute atomic E-state index is 12.8. The fourth-order valence-corrected chi connectivity index (χ4v) is 4.66. The van der Waals surface area contributed by atoms with Gasteiger partial charge in [-0.1, -0.05) is 42.5 Å². The maximum Gasteiger partial charge on any atom is 0.326 e. The minimum Gasteiger partial charge on any atom is -0.493 e. The van der Waals surface area contributed by atoms with Gasteiger partial charge in [0.05, 0.1) is 18.6 Å². The van der Waals surface area contributed by atoms with Gasteiger partial charge in [-0.2, -0.15) is 0 Å². The number of ether oxygens (including phenoxy) is 3. The van der Waals surface area contributed by atoms with E-state index >= 15 is 0 Å². The zero-order chi connectivity index (χ0) is 20.8. The molecule has 1 aliphatic heterocycles. The van der Waals surface area contributed by atoms with E-state index in [2.05, 4.69) is 0 Å². The fourth-order valence-electron chi connectivity index (χ4n) is 3.42. The van der Waals surface area contributed by atoms with E-state index in [1.807, 2.05) is 19.1 Å². The van der Waals surface area contributed by atoms with Gasteiger partial charge in [-0.25, -0.2) is 0 Å². The first-order chi connectivity index (χ1) is 14.0. The summed E-state index contributed by atoms with van der Waals surface area (Å²) >= 11 is 6.50. The number of thiocarbonyl (C=S) groups is 1. The number of carbonyl (C=O) groups is 2. The predicted molar refractivity (Wildman–Crippen MR) is 117 cm³/mol. The van der Waals surface area contributed by atoms with Gasteiger partial charge in [0, 0.05) is 5.56 Å². The van der Waals surface area contributed by atoms with Crippen LogP contribution in [0.3, 0.4) is 0 Å². The number of amides is 1. The number of nitrogens with zero attached hydrogens (tertiary/aromatic N) is 1. The third-order valence-corrected chi connectivity index (χ3v) is 6.19. The minimum absolute atomic E-state index is 0.0456. The van der Waals surface area contributed by atoms with E-state index in [-0.39, 0.29) is 18.6 Å². The molecule has 6 nitrogen and oxygen atoms in total. The summed E-state index contributed by atoms with van der Waals surface area (Å²) in [4.78, 5) is 26.9. The first kappa shape index (κ1) is 21.6. The first-order valence-electron chi connectivity index (χ1n) is 9.78. The van der Waals surface area contributed by atoms with Gasteiger partial charge in [0.2, 0.25) is 0 Å². The highest BCUT2D eigenvalue weighted by molar-refractivity contribution is 8.26. The number of thioether (sulfide) groups is 1. The van der Waals surface area contributed by atoms with Crippen LogP contribution in [0.15, 0.2) is 23.1 Å². The van der Waals surface area contributed by atoms with Gasteiger partial charge in [0.25, 0.3) is 5.91 Å². The Morgan fingerprint density at radius 1 is 1.31 bits per heavy atom. The highest BCUT2D eigenvalue weighted by Crippen LogP contribution is 2.37. The normalized spacial score (nSPS) is 19.0. The van der Waals surface area contributed by atoms with Crippen molar-refractivity contribution in [3.63, 3.8) is 0 Å². The Morgan fingerprint density at radius 2 is 2.07 bits per heavy atom. The van der Waals surface area contributed by atoms with Gasteiger partial charge in [0.1, 0.15) is 17.0 Å². The SMILES string of the molecule is CCOc1c(/C=C2\SC(=S)N(CC(=O)OC3CCCCC3)C2=O)cccc1OC. The van der Waals surface area contributed by atoms with E-state index < -0.39 is 5.97 Å². The first-order valence-corrected chi connectivity index (χ1v) is 11.0. The second-order valence-corrected chi connectivity index (χ2v) is 8.51. The molecule has 3 rings (SSSR count). The summed E-state index contributed by atoms with van der Waals surface area (Å²) in [5.74, 6) is 0.448. The predicted octanol–water partition coefficient (Wildman–Crippen LogP) is 4.17. The number of hydrogen-bond acceptors (Lipinski definition) is 7. The molecular formula is C21H25NO5S2. The number of rotatable bonds is 7. The monoisotopic (exact) mass is 435 g/mol. The Balaban J connectivity index is 1.72. The number of methoxy groups -OCH3 is 1. The molecule has 1 aromatic carbocycles. The molecule has 0 bridgehead atoms. The van der Waals surface area contributed by atoms with Crippen LogP contribution in [0, 0.1) is 0 Å². The highest BCUT2D eigenvalue weighted by atomic mass is 32.2. The van der Waals surface area contributed by atoms with E-state index in [0.29, 0.717) is 27.3 Å². The van der Waals surface area contributed by atoms with Crippen molar-refractivity contribution in [2.45, 2.75) is 45.1 Å². The van der Waals surface area contributed by atoms with Crippen LogP contribution in [-0.2, 0) is 14.3 Å². The standard InChI is InChI=1S/C21H25NO5S2/c1-3-26-19-14(8-7-11-16(19)25-2)12-17-20(24)22(21(28)29-17)13-18(23)27-15-9-5-4-6-10-15/h7-8,11-12,15H,3-6,9-10,13H2,1-2H3/b17-12-. The third-order valence-electron chi connectivity index (χ3n) is 4.82. The van der Waals surface area contributed by atoms with Crippen LogP contribution < -0.4 is 9.47 Å². The van der Waals surface area contributed by atoms with Gasteiger partial charge < -0.3 is 14.2 Å². The molecule has 1 aliphatic carbocycles. The third kappa shape index (κ3) is 5.30.